The molecule has 0 aliphatic carbocycles. The summed E-state index contributed by atoms with van der Waals surface area (Å²) in [4.78, 5) is 28.7. The number of carboxylic acid groups (broad SMARTS) is 1. The van der Waals surface area contributed by atoms with Crippen molar-refractivity contribution in [3.05, 3.63) is 63.9 Å². The number of fused-ring (bicyclic) bond motifs is 1. The first-order valence-electron chi connectivity index (χ1n) is 7.68. The van der Waals surface area contributed by atoms with Gasteiger partial charge in [0.1, 0.15) is 6.04 Å². The number of hydrogen-bond acceptors (Lipinski definition) is 3. The molecule has 0 aliphatic heterocycles. The molecule has 5 nitrogen and oxygen atoms in total. The molecule has 7 heteroatoms. The predicted molar refractivity (Wildman–Crippen MR) is 98.1 cm³/mol. The van der Waals surface area contributed by atoms with Crippen LogP contribution >= 0.6 is 22.9 Å². The molecule has 3 rings (SSSR count). The second-order valence-electron chi connectivity index (χ2n) is 5.41. The standard InChI is InChI=1S/C18H15ClN2O3S/c1-2-13(17(23)24)21-14-8-3-4-9-15(14)25-18(21)20-16(22)11-6-5-7-12(19)10-11/h3-10,13H,2H2,1H3,(H,23,24). The highest BCUT2D eigenvalue weighted by Gasteiger charge is 2.22. The van der Waals surface area contributed by atoms with Crippen molar-refractivity contribution in [2.75, 3.05) is 0 Å². The van der Waals surface area contributed by atoms with Crippen LogP contribution in [0.1, 0.15) is 29.7 Å². The molecule has 25 heavy (non-hydrogen) atoms. The number of hydrogen-bond donors (Lipinski definition) is 1. The topological polar surface area (TPSA) is 71.7 Å². The van der Waals surface area contributed by atoms with Crippen molar-refractivity contribution < 1.29 is 14.7 Å². The van der Waals surface area contributed by atoms with Crippen LogP contribution in [0.2, 0.25) is 5.02 Å². The molecule has 1 heterocycles. The first-order valence-corrected chi connectivity index (χ1v) is 8.88. The Balaban J connectivity index is 2.21. The summed E-state index contributed by atoms with van der Waals surface area (Å²) < 4.78 is 2.49. The van der Waals surface area contributed by atoms with Gasteiger partial charge in [0.05, 0.1) is 10.2 Å². The molecular formula is C18H15ClN2O3S. The molecule has 0 saturated carbocycles. The van der Waals surface area contributed by atoms with Crippen LogP contribution in [0, 0.1) is 0 Å². The Kier molecular flexibility index (Phi) is 5.01. The molecule has 0 bridgehead atoms. The summed E-state index contributed by atoms with van der Waals surface area (Å²) >= 11 is 7.22. The Morgan fingerprint density at radius 3 is 2.68 bits per heavy atom. The van der Waals surface area contributed by atoms with Gasteiger partial charge in [-0.3, -0.25) is 4.79 Å². The minimum Gasteiger partial charge on any atom is -0.480 e. The second kappa shape index (κ2) is 7.21. The van der Waals surface area contributed by atoms with E-state index in [4.69, 9.17) is 11.6 Å². The number of carbonyl (C=O) groups excluding carboxylic acids is 1. The maximum absolute atomic E-state index is 12.5. The molecular weight excluding hydrogens is 360 g/mol. The lowest BCUT2D eigenvalue weighted by Crippen LogP contribution is -2.27. The van der Waals surface area contributed by atoms with Gasteiger partial charge in [-0.15, -0.1) is 0 Å². The maximum Gasteiger partial charge on any atom is 0.326 e. The van der Waals surface area contributed by atoms with E-state index in [2.05, 4.69) is 4.99 Å². The normalized spacial score (nSPS) is 13.1. The number of halogens is 1. The highest BCUT2D eigenvalue weighted by molar-refractivity contribution is 7.16. The minimum absolute atomic E-state index is 0.361. The van der Waals surface area contributed by atoms with Gasteiger partial charge in [0.25, 0.3) is 5.91 Å². The molecule has 0 saturated heterocycles. The Morgan fingerprint density at radius 1 is 1.24 bits per heavy atom. The van der Waals surface area contributed by atoms with Gasteiger partial charge in [-0.25, -0.2) is 4.79 Å². The van der Waals surface area contributed by atoms with Crippen LogP contribution in [0.5, 0.6) is 0 Å². The van der Waals surface area contributed by atoms with Gasteiger partial charge in [0.2, 0.25) is 0 Å². The zero-order valence-corrected chi connectivity index (χ0v) is 14.9. The summed E-state index contributed by atoms with van der Waals surface area (Å²) in [7, 11) is 0. The zero-order valence-electron chi connectivity index (χ0n) is 13.3. The average molecular weight is 375 g/mol. The number of thiazole rings is 1. The van der Waals surface area contributed by atoms with Gasteiger partial charge in [-0.2, -0.15) is 4.99 Å². The van der Waals surface area contributed by atoms with E-state index in [0.717, 1.165) is 10.2 Å². The van der Waals surface area contributed by atoms with Gasteiger partial charge in [0.15, 0.2) is 4.80 Å². The van der Waals surface area contributed by atoms with Gasteiger partial charge in [0, 0.05) is 10.6 Å². The molecule has 128 valence electrons. The number of aliphatic carboxylic acids is 1. The maximum atomic E-state index is 12.5. The predicted octanol–water partition coefficient (Wildman–Crippen LogP) is 4.13. The van der Waals surface area contributed by atoms with Crippen molar-refractivity contribution >= 4 is 45.0 Å². The Morgan fingerprint density at radius 2 is 2.00 bits per heavy atom. The molecule has 1 N–H and O–H groups in total. The summed E-state index contributed by atoms with van der Waals surface area (Å²) in [6.07, 6.45) is 0.384. The third kappa shape index (κ3) is 3.50. The molecule has 1 atom stereocenters. The van der Waals surface area contributed by atoms with Crippen molar-refractivity contribution in [3.63, 3.8) is 0 Å². The van der Waals surface area contributed by atoms with E-state index in [1.165, 1.54) is 11.3 Å². The zero-order chi connectivity index (χ0) is 18.0. The lowest BCUT2D eigenvalue weighted by Gasteiger charge is -2.13. The van der Waals surface area contributed by atoms with Gasteiger partial charge >= 0.3 is 5.97 Å². The second-order valence-corrected chi connectivity index (χ2v) is 6.86. The summed E-state index contributed by atoms with van der Waals surface area (Å²) in [6.45, 7) is 1.79. The monoisotopic (exact) mass is 374 g/mol. The van der Waals surface area contributed by atoms with Crippen molar-refractivity contribution in [2.45, 2.75) is 19.4 Å². The quantitative estimate of drug-likeness (QED) is 0.746. The van der Waals surface area contributed by atoms with Crippen LogP contribution in [0.15, 0.2) is 53.5 Å². The molecule has 3 aromatic rings. The van der Waals surface area contributed by atoms with E-state index in [1.807, 2.05) is 24.3 Å². The number of para-hydroxylation sites is 1. The number of amides is 1. The summed E-state index contributed by atoms with van der Waals surface area (Å²) in [5.74, 6) is -1.41. The first kappa shape index (κ1) is 17.4. The van der Waals surface area contributed by atoms with Crippen LogP contribution in [0.3, 0.4) is 0 Å². The number of carbonyl (C=O) groups is 2. The van der Waals surface area contributed by atoms with E-state index >= 15 is 0 Å². The summed E-state index contributed by atoms with van der Waals surface area (Å²) in [5.41, 5.74) is 1.11. The van der Waals surface area contributed by atoms with Gasteiger partial charge in [-0.05, 0) is 36.8 Å². The number of benzene rings is 2. The van der Waals surface area contributed by atoms with Crippen molar-refractivity contribution in [2.24, 2.45) is 4.99 Å². The highest BCUT2D eigenvalue weighted by Crippen LogP contribution is 2.22. The summed E-state index contributed by atoms with van der Waals surface area (Å²) in [6, 6.07) is 13.2. The van der Waals surface area contributed by atoms with Gasteiger partial charge in [-0.1, -0.05) is 48.1 Å². The smallest absolute Gasteiger partial charge is 0.326 e. The molecule has 1 amide bonds. The van der Waals surface area contributed by atoms with Crippen LogP contribution in [0.4, 0.5) is 0 Å². The molecule has 1 unspecified atom stereocenters. The molecule has 0 fully saturated rings. The number of rotatable bonds is 4. The Hall–Kier alpha value is -2.44. The number of nitrogens with zero attached hydrogens (tertiary/aromatic N) is 2. The summed E-state index contributed by atoms with van der Waals surface area (Å²) in [5, 5.41) is 10.0. The lowest BCUT2D eigenvalue weighted by atomic mass is 10.2. The van der Waals surface area contributed by atoms with Gasteiger partial charge < -0.3 is 9.67 Å². The molecule has 2 aromatic carbocycles. The third-order valence-corrected chi connectivity index (χ3v) is 5.06. The van der Waals surface area contributed by atoms with E-state index in [0.29, 0.717) is 21.8 Å². The van der Waals surface area contributed by atoms with E-state index < -0.39 is 17.9 Å². The van der Waals surface area contributed by atoms with Crippen LogP contribution in [0.25, 0.3) is 10.2 Å². The first-order chi connectivity index (χ1) is 12.0. The number of aromatic nitrogens is 1. The lowest BCUT2D eigenvalue weighted by molar-refractivity contribution is -0.140. The van der Waals surface area contributed by atoms with E-state index in [-0.39, 0.29) is 0 Å². The Labute approximate surface area is 152 Å². The SMILES string of the molecule is CCC(C(=O)O)n1c(=NC(=O)c2cccc(Cl)c2)sc2ccccc21. The molecule has 0 radical (unpaired) electrons. The third-order valence-electron chi connectivity index (χ3n) is 3.78. The van der Waals surface area contributed by atoms with Crippen molar-refractivity contribution in [1.29, 1.82) is 0 Å². The molecule has 1 aromatic heterocycles. The Bertz CT molecular complexity index is 1020. The fraction of sp³-hybridized carbons (Fsp3) is 0.167. The highest BCUT2D eigenvalue weighted by atomic mass is 35.5. The molecule has 0 spiro atoms. The minimum atomic E-state index is -0.956. The molecule has 0 aliphatic rings. The number of carboxylic acids is 1. The van der Waals surface area contributed by atoms with E-state index in [9.17, 15) is 14.7 Å². The fourth-order valence-corrected chi connectivity index (χ4v) is 3.87. The van der Waals surface area contributed by atoms with Crippen molar-refractivity contribution in [1.82, 2.24) is 4.57 Å². The van der Waals surface area contributed by atoms with E-state index in [1.54, 1.807) is 35.8 Å². The van der Waals surface area contributed by atoms with Crippen molar-refractivity contribution in [3.8, 4) is 0 Å². The fourth-order valence-electron chi connectivity index (χ4n) is 2.61. The largest absolute Gasteiger partial charge is 0.480 e. The van der Waals surface area contributed by atoms with Crippen LogP contribution in [-0.4, -0.2) is 21.6 Å². The average Bonchev–Trinajstić information content (AvgIpc) is 2.93. The van der Waals surface area contributed by atoms with Crippen LogP contribution < -0.4 is 4.80 Å². The van der Waals surface area contributed by atoms with Crippen LogP contribution in [-0.2, 0) is 4.79 Å².